The molecular weight excluding hydrogens is 274 g/mol. The Labute approximate surface area is 124 Å². The molecule has 1 saturated carbocycles. The van der Waals surface area contributed by atoms with Crippen LogP contribution in [0.2, 0.25) is 0 Å². The predicted octanol–water partition coefficient (Wildman–Crippen LogP) is 3.15. The van der Waals surface area contributed by atoms with Crippen molar-refractivity contribution in [1.29, 1.82) is 0 Å². The zero-order valence-corrected chi connectivity index (χ0v) is 12.5. The Balaban J connectivity index is 2.09. The first-order valence-corrected chi connectivity index (χ1v) is 7.32. The second-order valence-corrected chi connectivity index (χ2v) is 6.09. The lowest BCUT2D eigenvalue weighted by atomic mass is 9.93. The Hall–Kier alpha value is -1.49. The molecule has 2 N–H and O–H groups in total. The van der Waals surface area contributed by atoms with Crippen molar-refractivity contribution < 1.29 is 13.6 Å². The molecular formula is C16H22F2N2O. The monoisotopic (exact) mass is 296 g/mol. The fourth-order valence-electron chi connectivity index (χ4n) is 2.94. The number of benzene rings is 1. The standard InChI is InChI=1S/C16H22F2N2O/c1-11(13-9-12(17)5-6-14(13)18)20(2)15(21)10-16(19)7-3-4-8-16/h5-6,9,11H,3-4,7-8,10,19H2,1-2H3. The lowest BCUT2D eigenvalue weighted by Crippen LogP contribution is -2.43. The summed E-state index contributed by atoms with van der Waals surface area (Å²) in [5, 5.41) is 0. The van der Waals surface area contributed by atoms with Crippen molar-refractivity contribution in [2.24, 2.45) is 5.73 Å². The van der Waals surface area contributed by atoms with Crippen molar-refractivity contribution in [2.45, 2.75) is 50.6 Å². The van der Waals surface area contributed by atoms with Crippen LogP contribution >= 0.6 is 0 Å². The molecule has 1 fully saturated rings. The van der Waals surface area contributed by atoms with Crippen molar-refractivity contribution in [3.8, 4) is 0 Å². The van der Waals surface area contributed by atoms with Crippen LogP contribution in [0.15, 0.2) is 18.2 Å². The Morgan fingerprint density at radius 3 is 2.62 bits per heavy atom. The van der Waals surface area contributed by atoms with Crippen LogP contribution in [0.3, 0.4) is 0 Å². The summed E-state index contributed by atoms with van der Waals surface area (Å²) in [7, 11) is 1.61. The lowest BCUT2D eigenvalue weighted by molar-refractivity contribution is -0.133. The van der Waals surface area contributed by atoms with Gasteiger partial charge in [-0.15, -0.1) is 0 Å². The minimum atomic E-state index is -0.529. The summed E-state index contributed by atoms with van der Waals surface area (Å²) in [4.78, 5) is 13.8. The molecule has 1 aliphatic rings. The number of nitrogens with zero attached hydrogens (tertiary/aromatic N) is 1. The molecule has 1 amide bonds. The third-order valence-corrected chi connectivity index (χ3v) is 4.49. The summed E-state index contributed by atoms with van der Waals surface area (Å²) in [6.07, 6.45) is 4.03. The van der Waals surface area contributed by atoms with Crippen LogP contribution < -0.4 is 5.73 Å². The van der Waals surface area contributed by atoms with Crippen LogP contribution in [0.25, 0.3) is 0 Å². The van der Waals surface area contributed by atoms with Crippen molar-refractivity contribution in [3.63, 3.8) is 0 Å². The number of nitrogens with two attached hydrogens (primary N) is 1. The van der Waals surface area contributed by atoms with E-state index in [1.165, 1.54) is 4.90 Å². The van der Waals surface area contributed by atoms with E-state index in [1.54, 1.807) is 14.0 Å². The van der Waals surface area contributed by atoms with Gasteiger partial charge in [0.15, 0.2) is 0 Å². The number of carbonyl (C=O) groups is 1. The predicted molar refractivity (Wildman–Crippen MR) is 77.5 cm³/mol. The first-order valence-electron chi connectivity index (χ1n) is 7.32. The highest BCUT2D eigenvalue weighted by atomic mass is 19.1. The van der Waals surface area contributed by atoms with Crippen molar-refractivity contribution >= 4 is 5.91 Å². The Morgan fingerprint density at radius 2 is 2.00 bits per heavy atom. The summed E-state index contributed by atoms with van der Waals surface area (Å²) < 4.78 is 27.1. The van der Waals surface area contributed by atoms with Gasteiger partial charge in [0.1, 0.15) is 11.6 Å². The molecule has 1 atom stereocenters. The number of hydrogen-bond acceptors (Lipinski definition) is 2. The number of rotatable bonds is 4. The topological polar surface area (TPSA) is 46.3 Å². The van der Waals surface area contributed by atoms with Gasteiger partial charge in [0.2, 0.25) is 5.91 Å². The highest BCUT2D eigenvalue weighted by Crippen LogP contribution is 2.32. The summed E-state index contributed by atoms with van der Waals surface area (Å²) in [6.45, 7) is 1.69. The molecule has 0 radical (unpaired) electrons. The van der Waals surface area contributed by atoms with Crippen molar-refractivity contribution in [2.75, 3.05) is 7.05 Å². The van der Waals surface area contributed by atoms with Crippen molar-refractivity contribution in [3.05, 3.63) is 35.4 Å². The van der Waals surface area contributed by atoms with Gasteiger partial charge in [-0.3, -0.25) is 4.79 Å². The molecule has 0 bridgehead atoms. The molecule has 1 unspecified atom stereocenters. The Morgan fingerprint density at radius 1 is 1.38 bits per heavy atom. The van der Waals surface area contributed by atoms with Gasteiger partial charge in [-0.2, -0.15) is 0 Å². The summed E-state index contributed by atoms with van der Waals surface area (Å²) in [5.41, 5.74) is 5.95. The maximum absolute atomic E-state index is 13.8. The molecule has 0 aliphatic heterocycles. The average Bonchev–Trinajstić information content (AvgIpc) is 2.86. The summed E-state index contributed by atoms with van der Waals surface area (Å²) in [5.74, 6) is -1.15. The fourth-order valence-corrected chi connectivity index (χ4v) is 2.94. The number of amides is 1. The SMILES string of the molecule is CC(c1cc(F)ccc1F)N(C)C(=O)CC1(N)CCCC1. The molecule has 0 saturated heterocycles. The van der Waals surface area contributed by atoms with Gasteiger partial charge in [-0.05, 0) is 38.0 Å². The largest absolute Gasteiger partial charge is 0.339 e. The third kappa shape index (κ3) is 3.59. The Kier molecular flexibility index (Phi) is 4.61. The van der Waals surface area contributed by atoms with E-state index in [4.69, 9.17) is 5.73 Å². The lowest BCUT2D eigenvalue weighted by Gasteiger charge is -2.30. The first kappa shape index (κ1) is 15.9. The van der Waals surface area contributed by atoms with Gasteiger partial charge in [0.25, 0.3) is 0 Å². The highest BCUT2D eigenvalue weighted by Gasteiger charge is 2.33. The number of halogens is 2. The average molecular weight is 296 g/mol. The van der Waals surface area contributed by atoms with E-state index in [1.807, 2.05) is 0 Å². The third-order valence-electron chi connectivity index (χ3n) is 4.49. The molecule has 116 valence electrons. The van der Waals surface area contributed by atoms with Gasteiger partial charge in [0, 0.05) is 24.6 Å². The smallest absolute Gasteiger partial charge is 0.224 e. The van der Waals surface area contributed by atoms with Crippen LogP contribution in [-0.4, -0.2) is 23.4 Å². The zero-order valence-electron chi connectivity index (χ0n) is 12.5. The summed E-state index contributed by atoms with van der Waals surface area (Å²) in [6, 6.07) is 2.76. The van der Waals surface area contributed by atoms with Crippen LogP contribution in [0.4, 0.5) is 8.78 Å². The minimum Gasteiger partial charge on any atom is -0.339 e. The molecule has 21 heavy (non-hydrogen) atoms. The molecule has 0 aromatic heterocycles. The number of hydrogen-bond donors (Lipinski definition) is 1. The van der Waals surface area contributed by atoms with Gasteiger partial charge >= 0.3 is 0 Å². The quantitative estimate of drug-likeness (QED) is 0.927. The van der Waals surface area contributed by atoms with Crippen LogP contribution in [-0.2, 0) is 4.79 Å². The van der Waals surface area contributed by atoms with Crippen molar-refractivity contribution in [1.82, 2.24) is 4.90 Å². The van der Waals surface area contributed by atoms with Crippen LogP contribution in [0.5, 0.6) is 0 Å². The Bertz CT molecular complexity index is 527. The molecule has 1 aromatic carbocycles. The fraction of sp³-hybridized carbons (Fsp3) is 0.562. The van der Waals surface area contributed by atoms with Crippen LogP contribution in [0.1, 0.15) is 50.6 Å². The van der Waals surface area contributed by atoms with Gasteiger partial charge in [-0.25, -0.2) is 8.78 Å². The van der Waals surface area contributed by atoms with E-state index in [2.05, 4.69) is 0 Å². The molecule has 1 aromatic rings. The van der Waals surface area contributed by atoms with E-state index in [0.717, 1.165) is 43.9 Å². The van der Waals surface area contributed by atoms with Crippen LogP contribution in [0, 0.1) is 11.6 Å². The molecule has 1 aliphatic carbocycles. The van der Waals surface area contributed by atoms with E-state index in [9.17, 15) is 13.6 Å². The second kappa shape index (κ2) is 6.10. The maximum Gasteiger partial charge on any atom is 0.224 e. The first-order chi connectivity index (χ1) is 9.82. The van der Waals surface area contributed by atoms with Gasteiger partial charge < -0.3 is 10.6 Å². The molecule has 2 rings (SSSR count). The number of carbonyl (C=O) groups excluding carboxylic acids is 1. The van der Waals surface area contributed by atoms with E-state index >= 15 is 0 Å². The molecule has 0 heterocycles. The summed E-state index contributed by atoms with van der Waals surface area (Å²) >= 11 is 0. The molecule has 5 heteroatoms. The zero-order chi connectivity index (χ0) is 15.6. The highest BCUT2D eigenvalue weighted by molar-refractivity contribution is 5.77. The van der Waals surface area contributed by atoms with E-state index < -0.39 is 23.2 Å². The maximum atomic E-state index is 13.8. The normalized spacial score (nSPS) is 18.5. The van der Waals surface area contributed by atoms with Gasteiger partial charge in [-0.1, -0.05) is 12.8 Å². The second-order valence-electron chi connectivity index (χ2n) is 6.09. The molecule has 0 spiro atoms. The van der Waals surface area contributed by atoms with Gasteiger partial charge in [0.05, 0.1) is 6.04 Å². The molecule has 3 nitrogen and oxygen atoms in total. The minimum absolute atomic E-state index is 0.129. The van der Waals surface area contributed by atoms with E-state index in [0.29, 0.717) is 0 Å². The van der Waals surface area contributed by atoms with E-state index in [-0.39, 0.29) is 17.9 Å².